The molecule has 1 amide bonds. The third-order valence-corrected chi connectivity index (χ3v) is 3.67. The first-order valence-electron chi connectivity index (χ1n) is 6.75. The summed E-state index contributed by atoms with van der Waals surface area (Å²) in [5, 5.41) is 4.33. The summed E-state index contributed by atoms with van der Waals surface area (Å²) in [7, 11) is 0. The van der Waals surface area contributed by atoms with Gasteiger partial charge in [-0.1, -0.05) is 18.2 Å². The molecule has 4 nitrogen and oxygen atoms in total. The Morgan fingerprint density at radius 1 is 1.26 bits per heavy atom. The summed E-state index contributed by atoms with van der Waals surface area (Å²) in [5.74, 6) is 0.500. The number of para-hydroxylation sites is 1. The maximum absolute atomic E-state index is 12.5. The highest BCUT2D eigenvalue weighted by atomic mass is 16.3. The van der Waals surface area contributed by atoms with Gasteiger partial charge in [0.15, 0.2) is 5.76 Å². The lowest BCUT2D eigenvalue weighted by Crippen LogP contribution is -2.34. The fraction of sp³-hybridized carbons (Fsp3) is 0.400. The SMILES string of the molecule is Cc1c(C(=O)N2CCCNCC2)oc2ccccc12. The lowest BCUT2D eigenvalue weighted by Gasteiger charge is -2.18. The molecule has 1 saturated heterocycles. The summed E-state index contributed by atoms with van der Waals surface area (Å²) < 4.78 is 5.74. The minimum absolute atomic E-state index is 0.0115. The molecule has 1 aromatic carbocycles. The van der Waals surface area contributed by atoms with Crippen LogP contribution in [0.2, 0.25) is 0 Å². The smallest absolute Gasteiger partial charge is 0.289 e. The summed E-state index contributed by atoms with van der Waals surface area (Å²) in [5.41, 5.74) is 1.73. The molecule has 1 N–H and O–H groups in total. The molecule has 0 saturated carbocycles. The van der Waals surface area contributed by atoms with Crippen molar-refractivity contribution in [3.05, 3.63) is 35.6 Å². The van der Waals surface area contributed by atoms with E-state index in [-0.39, 0.29) is 5.91 Å². The summed E-state index contributed by atoms with van der Waals surface area (Å²) in [6.45, 7) is 5.32. The highest BCUT2D eigenvalue weighted by Crippen LogP contribution is 2.26. The Balaban J connectivity index is 1.94. The summed E-state index contributed by atoms with van der Waals surface area (Å²) >= 11 is 0. The van der Waals surface area contributed by atoms with Crippen LogP contribution in [0.1, 0.15) is 22.5 Å². The summed E-state index contributed by atoms with van der Waals surface area (Å²) in [6, 6.07) is 7.79. The average molecular weight is 258 g/mol. The van der Waals surface area contributed by atoms with Crippen LogP contribution in [0.15, 0.2) is 28.7 Å². The van der Waals surface area contributed by atoms with E-state index in [1.807, 2.05) is 36.1 Å². The average Bonchev–Trinajstić information content (AvgIpc) is 2.64. The lowest BCUT2D eigenvalue weighted by molar-refractivity contribution is 0.0736. The van der Waals surface area contributed by atoms with Crippen LogP contribution in [0.5, 0.6) is 0 Å². The van der Waals surface area contributed by atoms with Crippen molar-refractivity contribution in [2.24, 2.45) is 0 Å². The lowest BCUT2D eigenvalue weighted by atomic mass is 10.1. The largest absolute Gasteiger partial charge is 0.451 e. The van der Waals surface area contributed by atoms with Gasteiger partial charge in [0.2, 0.25) is 0 Å². The van der Waals surface area contributed by atoms with E-state index < -0.39 is 0 Å². The van der Waals surface area contributed by atoms with Crippen LogP contribution in [0.3, 0.4) is 0 Å². The quantitative estimate of drug-likeness (QED) is 0.852. The van der Waals surface area contributed by atoms with Gasteiger partial charge in [0, 0.05) is 30.6 Å². The van der Waals surface area contributed by atoms with Gasteiger partial charge < -0.3 is 14.6 Å². The Bertz CT molecular complexity index is 595. The van der Waals surface area contributed by atoms with Crippen LogP contribution >= 0.6 is 0 Å². The number of carbonyl (C=O) groups excluding carboxylic acids is 1. The van der Waals surface area contributed by atoms with E-state index in [0.29, 0.717) is 5.76 Å². The molecule has 1 aliphatic rings. The molecule has 2 heterocycles. The maximum atomic E-state index is 12.5. The Morgan fingerprint density at radius 3 is 2.95 bits per heavy atom. The number of aryl methyl sites for hydroxylation is 1. The van der Waals surface area contributed by atoms with Crippen molar-refractivity contribution >= 4 is 16.9 Å². The molecule has 0 bridgehead atoms. The van der Waals surface area contributed by atoms with Gasteiger partial charge in [0.1, 0.15) is 5.58 Å². The number of furan rings is 1. The van der Waals surface area contributed by atoms with E-state index in [0.717, 1.165) is 49.1 Å². The number of hydrogen-bond acceptors (Lipinski definition) is 3. The van der Waals surface area contributed by atoms with E-state index in [1.54, 1.807) is 0 Å². The molecule has 0 radical (unpaired) electrons. The molecule has 100 valence electrons. The van der Waals surface area contributed by atoms with Crippen LogP contribution in [-0.4, -0.2) is 37.0 Å². The molecule has 0 unspecified atom stereocenters. The van der Waals surface area contributed by atoms with E-state index in [1.165, 1.54) is 0 Å². The van der Waals surface area contributed by atoms with Crippen molar-refractivity contribution in [3.63, 3.8) is 0 Å². The standard InChI is InChI=1S/C15H18N2O2/c1-11-12-5-2-3-6-13(12)19-14(11)15(18)17-9-4-7-16-8-10-17/h2-3,5-6,16H,4,7-10H2,1H3. The first-order valence-corrected chi connectivity index (χ1v) is 6.75. The zero-order chi connectivity index (χ0) is 13.2. The van der Waals surface area contributed by atoms with Gasteiger partial charge >= 0.3 is 0 Å². The molecule has 0 aliphatic carbocycles. The molecule has 1 fully saturated rings. The molecule has 19 heavy (non-hydrogen) atoms. The number of amides is 1. The Hall–Kier alpha value is -1.81. The molecule has 1 aromatic heterocycles. The van der Waals surface area contributed by atoms with Gasteiger partial charge in [-0.05, 0) is 26.0 Å². The Morgan fingerprint density at radius 2 is 2.11 bits per heavy atom. The van der Waals surface area contributed by atoms with Crippen LogP contribution < -0.4 is 5.32 Å². The molecule has 1 aliphatic heterocycles. The molecule has 0 spiro atoms. The zero-order valence-electron chi connectivity index (χ0n) is 11.1. The van der Waals surface area contributed by atoms with E-state index in [9.17, 15) is 4.79 Å². The van der Waals surface area contributed by atoms with E-state index >= 15 is 0 Å². The molecule has 0 atom stereocenters. The summed E-state index contributed by atoms with van der Waals surface area (Å²) in [4.78, 5) is 14.4. The van der Waals surface area contributed by atoms with Crippen molar-refractivity contribution in [2.45, 2.75) is 13.3 Å². The van der Waals surface area contributed by atoms with Gasteiger partial charge in [0.05, 0.1) is 0 Å². The second-order valence-electron chi connectivity index (χ2n) is 4.95. The zero-order valence-corrected chi connectivity index (χ0v) is 11.1. The molecule has 3 rings (SSSR count). The topological polar surface area (TPSA) is 45.5 Å². The fourth-order valence-corrected chi connectivity index (χ4v) is 2.57. The van der Waals surface area contributed by atoms with Gasteiger partial charge in [-0.15, -0.1) is 0 Å². The number of hydrogen-bond donors (Lipinski definition) is 1. The van der Waals surface area contributed by atoms with Crippen molar-refractivity contribution in [1.29, 1.82) is 0 Å². The van der Waals surface area contributed by atoms with Crippen LogP contribution in [0.4, 0.5) is 0 Å². The predicted octanol–water partition coefficient (Wildman–Crippen LogP) is 2.18. The highest BCUT2D eigenvalue weighted by Gasteiger charge is 2.23. The van der Waals surface area contributed by atoms with Gasteiger partial charge in [0.25, 0.3) is 5.91 Å². The van der Waals surface area contributed by atoms with Crippen molar-refractivity contribution in [1.82, 2.24) is 10.2 Å². The highest BCUT2D eigenvalue weighted by molar-refractivity contribution is 5.98. The monoisotopic (exact) mass is 258 g/mol. The maximum Gasteiger partial charge on any atom is 0.289 e. The second-order valence-corrected chi connectivity index (χ2v) is 4.95. The Kier molecular flexibility index (Phi) is 3.25. The Labute approximate surface area is 112 Å². The minimum Gasteiger partial charge on any atom is -0.451 e. The van der Waals surface area contributed by atoms with E-state index in [4.69, 9.17) is 4.42 Å². The molecule has 4 heteroatoms. The third kappa shape index (κ3) is 2.24. The van der Waals surface area contributed by atoms with Gasteiger partial charge in [-0.25, -0.2) is 0 Å². The first kappa shape index (κ1) is 12.2. The number of fused-ring (bicyclic) bond motifs is 1. The second kappa shape index (κ2) is 5.05. The van der Waals surface area contributed by atoms with Crippen molar-refractivity contribution in [2.75, 3.05) is 26.2 Å². The number of rotatable bonds is 1. The van der Waals surface area contributed by atoms with Crippen LogP contribution in [-0.2, 0) is 0 Å². The van der Waals surface area contributed by atoms with Crippen LogP contribution in [0.25, 0.3) is 11.0 Å². The summed E-state index contributed by atoms with van der Waals surface area (Å²) in [6.07, 6.45) is 0.991. The number of nitrogens with one attached hydrogen (secondary N) is 1. The number of nitrogens with zero attached hydrogens (tertiary/aromatic N) is 1. The first-order chi connectivity index (χ1) is 9.27. The number of carbonyl (C=O) groups is 1. The van der Waals surface area contributed by atoms with Crippen LogP contribution in [0, 0.1) is 6.92 Å². The van der Waals surface area contributed by atoms with Gasteiger partial charge in [-0.2, -0.15) is 0 Å². The number of benzene rings is 1. The fourth-order valence-electron chi connectivity index (χ4n) is 2.57. The normalized spacial score (nSPS) is 16.6. The predicted molar refractivity (Wildman–Crippen MR) is 74.3 cm³/mol. The van der Waals surface area contributed by atoms with Crippen molar-refractivity contribution in [3.8, 4) is 0 Å². The molecular formula is C15H18N2O2. The minimum atomic E-state index is 0.0115. The van der Waals surface area contributed by atoms with Crippen molar-refractivity contribution < 1.29 is 9.21 Å². The van der Waals surface area contributed by atoms with E-state index in [2.05, 4.69) is 5.32 Å². The molecule has 2 aromatic rings. The molecular weight excluding hydrogens is 240 g/mol. The van der Waals surface area contributed by atoms with Gasteiger partial charge in [-0.3, -0.25) is 4.79 Å². The third-order valence-electron chi connectivity index (χ3n) is 3.67.